The van der Waals surface area contributed by atoms with Gasteiger partial charge in [-0.25, -0.2) is 4.39 Å². The minimum absolute atomic E-state index is 0.300. The van der Waals surface area contributed by atoms with Crippen LogP contribution >= 0.6 is 15.9 Å². The highest BCUT2D eigenvalue weighted by atomic mass is 79.9. The molecule has 0 amide bonds. The summed E-state index contributed by atoms with van der Waals surface area (Å²) in [6, 6.07) is 8.16. The molecule has 0 unspecified atom stereocenters. The van der Waals surface area contributed by atoms with Gasteiger partial charge in [-0.3, -0.25) is 0 Å². The minimum Gasteiger partial charge on any atom is -0.484 e. The van der Waals surface area contributed by atoms with Crippen molar-refractivity contribution in [3.8, 4) is 5.75 Å². The monoisotopic (exact) mass is 355 g/mol. The molecule has 5 heteroatoms. The molecule has 0 bridgehead atoms. The van der Waals surface area contributed by atoms with Crippen LogP contribution in [0, 0.1) is 11.7 Å². The number of benzene rings is 1. The molecule has 2 rings (SSSR count). The first-order valence-corrected chi connectivity index (χ1v) is 7.70. The van der Waals surface area contributed by atoms with Gasteiger partial charge in [-0.05, 0) is 58.7 Å². The van der Waals surface area contributed by atoms with Crippen molar-refractivity contribution in [3.63, 3.8) is 0 Å². The second-order valence-corrected chi connectivity index (χ2v) is 6.11. The van der Waals surface area contributed by atoms with E-state index in [1.165, 1.54) is 12.1 Å². The van der Waals surface area contributed by atoms with E-state index < -0.39 is 0 Å². The number of hydrogen-bond donors (Lipinski definition) is 1. The molecule has 0 aliphatic rings. The van der Waals surface area contributed by atoms with E-state index in [0.717, 1.165) is 18.1 Å². The van der Waals surface area contributed by atoms with Crippen molar-refractivity contribution >= 4 is 15.9 Å². The first-order chi connectivity index (χ1) is 10.0. The van der Waals surface area contributed by atoms with E-state index in [2.05, 4.69) is 35.1 Å². The summed E-state index contributed by atoms with van der Waals surface area (Å²) in [5.41, 5.74) is 0. The van der Waals surface area contributed by atoms with E-state index in [-0.39, 0.29) is 5.82 Å². The van der Waals surface area contributed by atoms with Crippen LogP contribution in [-0.2, 0) is 13.2 Å². The first kappa shape index (κ1) is 16.0. The molecule has 0 aliphatic carbocycles. The fourth-order valence-corrected chi connectivity index (χ4v) is 2.29. The lowest BCUT2D eigenvalue weighted by molar-refractivity contribution is 0.263. The molecule has 21 heavy (non-hydrogen) atoms. The molecule has 1 aromatic carbocycles. The predicted molar refractivity (Wildman–Crippen MR) is 83.7 cm³/mol. The normalized spacial score (nSPS) is 11.1. The minimum atomic E-state index is -0.300. The molecule has 1 N–H and O–H groups in total. The Kier molecular flexibility index (Phi) is 5.82. The Labute approximate surface area is 132 Å². The average molecular weight is 356 g/mol. The maximum atomic E-state index is 13.0. The Balaban J connectivity index is 1.85. The van der Waals surface area contributed by atoms with Crippen LogP contribution in [0.15, 0.2) is 39.2 Å². The van der Waals surface area contributed by atoms with Gasteiger partial charge in [0.2, 0.25) is 0 Å². The van der Waals surface area contributed by atoms with Gasteiger partial charge in [0.1, 0.15) is 29.7 Å². The third kappa shape index (κ3) is 5.17. The molecule has 3 nitrogen and oxygen atoms in total. The Bertz CT molecular complexity index is 583. The summed E-state index contributed by atoms with van der Waals surface area (Å²) in [7, 11) is 0. The van der Waals surface area contributed by atoms with Gasteiger partial charge in [0.15, 0.2) is 0 Å². The molecule has 0 aliphatic heterocycles. The summed E-state index contributed by atoms with van der Waals surface area (Å²) in [5, 5.41) is 3.32. The Hall–Kier alpha value is -1.33. The molecule has 0 saturated carbocycles. The summed E-state index contributed by atoms with van der Waals surface area (Å²) in [6.07, 6.45) is 0. The predicted octanol–water partition coefficient (Wildman–Crippen LogP) is 4.51. The highest BCUT2D eigenvalue weighted by Gasteiger charge is 2.06. The molecule has 1 heterocycles. The molecular weight excluding hydrogens is 337 g/mol. The maximum Gasteiger partial charge on any atom is 0.146 e. The molecular formula is C16H19BrFNO2. The van der Waals surface area contributed by atoms with Crippen molar-refractivity contribution in [3.05, 3.63) is 52.1 Å². The van der Waals surface area contributed by atoms with E-state index >= 15 is 0 Å². The van der Waals surface area contributed by atoms with Crippen LogP contribution < -0.4 is 10.1 Å². The van der Waals surface area contributed by atoms with E-state index in [1.54, 1.807) is 6.07 Å². The number of halogens is 2. The van der Waals surface area contributed by atoms with Crippen molar-refractivity contribution in [2.45, 2.75) is 27.0 Å². The van der Waals surface area contributed by atoms with Crippen molar-refractivity contribution in [2.75, 3.05) is 6.54 Å². The molecule has 114 valence electrons. The molecule has 0 fully saturated rings. The van der Waals surface area contributed by atoms with Crippen LogP contribution in [0.5, 0.6) is 5.75 Å². The highest BCUT2D eigenvalue weighted by molar-refractivity contribution is 9.10. The van der Waals surface area contributed by atoms with E-state index in [4.69, 9.17) is 9.15 Å². The molecule has 0 saturated heterocycles. The van der Waals surface area contributed by atoms with Crippen molar-refractivity contribution in [1.82, 2.24) is 5.32 Å². The van der Waals surface area contributed by atoms with E-state index in [1.807, 2.05) is 12.1 Å². The van der Waals surface area contributed by atoms with Crippen LogP contribution in [0.1, 0.15) is 25.4 Å². The van der Waals surface area contributed by atoms with E-state index in [9.17, 15) is 4.39 Å². The Morgan fingerprint density at radius 2 is 2.00 bits per heavy atom. The molecule has 0 atom stereocenters. The van der Waals surface area contributed by atoms with Crippen LogP contribution in [0.3, 0.4) is 0 Å². The van der Waals surface area contributed by atoms with Gasteiger partial charge in [-0.15, -0.1) is 0 Å². The Morgan fingerprint density at radius 3 is 2.71 bits per heavy atom. The van der Waals surface area contributed by atoms with Crippen LogP contribution in [-0.4, -0.2) is 6.54 Å². The molecule has 0 spiro atoms. The van der Waals surface area contributed by atoms with Gasteiger partial charge in [0, 0.05) is 0 Å². The SMILES string of the molecule is CC(C)CNCc1ccc(COc2ccc(F)cc2Br)o1. The van der Waals surface area contributed by atoms with Crippen molar-refractivity contribution < 1.29 is 13.5 Å². The van der Waals surface area contributed by atoms with Crippen LogP contribution in [0.25, 0.3) is 0 Å². The van der Waals surface area contributed by atoms with Crippen LogP contribution in [0.4, 0.5) is 4.39 Å². The average Bonchev–Trinajstić information content (AvgIpc) is 2.85. The summed E-state index contributed by atoms with van der Waals surface area (Å²) >= 11 is 3.27. The molecule has 2 aromatic rings. The van der Waals surface area contributed by atoms with Crippen molar-refractivity contribution in [1.29, 1.82) is 0 Å². The first-order valence-electron chi connectivity index (χ1n) is 6.90. The lowest BCUT2D eigenvalue weighted by Gasteiger charge is -2.07. The fraction of sp³-hybridized carbons (Fsp3) is 0.375. The number of nitrogens with one attached hydrogen (secondary N) is 1. The van der Waals surface area contributed by atoms with Crippen LogP contribution in [0.2, 0.25) is 0 Å². The fourth-order valence-electron chi connectivity index (χ4n) is 1.82. The quantitative estimate of drug-likeness (QED) is 0.793. The second-order valence-electron chi connectivity index (χ2n) is 5.26. The lowest BCUT2D eigenvalue weighted by atomic mass is 10.2. The Morgan fingerprint density at radius 1 is 1.24 bits per heavy atom. The number of furan rings is 1. The zero-order valence-corrected chi connectivity index (χ0v) is 13.7. The number of rotatable bonds is 7. The van der Waals surface area contributed by atoms with Gasteiger partial charge >= 0.3 is 0 Å². The zero-order chi connectivity index (χ0) is 15.2. The number of hydrogen-bond acceptors (Lipinski definition) is 3. The van der Waals surface area contributed by atoms with Crippen molar-refractivity contribution in [2.24, 2.45) is 5.92 Å². The summed E-state index contributed by atoms with van der Waals surface area (Å²) < 4.78 is 24.8. The molecule has 0 radical (unpaired) electrons. The molecule has 1 aromatic heterocycles. The summed E-state index contributed by atoms with van der Waals surface area (Å²) in [6.45, 7) is 6.30. The highest BCUT2D eigenvalue weighted by Crippen LogP contribution is 2.26. The third-order valence-electron chi connectivity index (χ3n) is 2.83. The standard InChI is InChI=1S/C16H19BrFNO2/c1-11(2)8-19-9-13-4-5-14(21-13)10-20-16-6-3-12(18)7-15(16)17/h3-7,11,19H,8-10H2,1-2H3. The largest absolute Gasteiger partial charge is 0.484 e. The van der Waals surface area contributed by atoms with Gasteiger partial charge in [-0.2, -0.15) is 0 Å². The zero-order valence-electron chi connectivity index (χ0n) is 12.2. The van der Waals surface area contributed by atoms with Gasteiger partial charge in [-0.1, -0.05) is 13.8 Å². The topological polar surface area (TPSA) is 34.4 Å². The van der Waals surface area contributed by atoms with Gasteiger partial charge in [0.25, 0.3) is 0 Å². The lowest BCUT2D eigenvalue weighted by Crippen LogP contribution is -2.18. The maximum absolute atomic E-state index is 13.0. The number of ether oxygens (including phenoxy) is 1. The van der Waals surface area contributed by atoms with Gasteiger partial charge < -0.3 is 14.5 Å². The van der Waals surface area contributed by atoms with E-state index in [0.29, 0.717) is 29.3 Å². The second kappa shape index (κ2) is 7.61. The smallest absolute Gasteiger partial charge is 0.146 e. The third-order valence-corrected chi connectivity index (χ3v) is 3.45. The van der Waals surface area contributed by atoms with Gasteiger partial charge in [0.05, 0.1) is 11.0 Å². The summed E-state index contributed by atoms with van der Waals surface area (Å²) in [4.78, 5) is 0. The summed E-state index contributed by atoms with van der Waals surface area (Å²) in [5.74, 6) is 2.52.